The second-order valence-corrected chi connectivity index (χ2v) is 47.2. The van der Waals surface area contributed by atoms with Gasteiger partial charge in [0.2, 0.25) is 2.14 Å². The van der Waals surface area contributed by atoms with Gasteiger partial charge in [-0.3, -0.25) is 43.2 Å². The van der Waals surface area contributed by atoms with Crippen LogP contribution >= 0.6 is 116 Å². The van der Waals surface area contributed by atoms with Crippen LogP contribution in [0.5, 0.6) is 0 Å². The summed E-state index contributed by atoms with van der Waals surface area (Å²) in [6.45, 7) is 21.5. The molecular weight excluding hydrogens is 2580 g/mol. The number of nitrogens with one attached hydrogen (secondary N) is 1. The number of nitrogens with two attached hydrogens (primary N) is 2. The molecule has 4 unspecified atom stereocenters. The van der Waals surface area contributed by atoms with Crippen LogP contribution in [0.1, 0.15) is 189 Å². The molecule has 0 spiro atoms. The highest BCUT2D eigenvalue weighted by Crippen LogP contribution is 2.46. The minimum absolute atomic E-state index is 0. The molecule has 3 heterocycles. The van der Waals surface area contributed by atoms with Crippen LogP contribution in [0.25, 0.3) is 0 Å². The Morgan fingerprint density at radius 1 is 0.469 bits per heavy atom. The van der Waals surface area contributed by atoms with Gasteiger partial charge < -0.3 is 98.5 Å². The van der Waals surface area contributed by atoms with Crippen LogP contribution in [0.3, 0.4) is 0 Å². The summed E-state index contributed by atoms with van der Waals surface area (Å²) in [7, 11) is 2.48. The number of benzene rings is 1. The number of quaternary nitrogens is 4. The lowest BCUT2D eigenvalue weighted by Crippen LogP contribution is -3.10. The summed E-state index contributed by atoms with van der Waals surface area (Å²) in [6, 6.07) is 6.58. The number of carbonyl (C=O) groups excluding carboxylic acids is 12. The van der Waals surface area contributed by atoms with Crippen LogP contribution < -0.4 is 41.7 Å². The molecule has 62 heteroatoms. The Bertz CT molecular complexity index is 4090. The Kier molecular flexibility index (Phi) is 62.9. The maximum Gasteiger partial charge on any atom is 0.399 e. The van der Waals surface area contributed by atoms with Crippen molar-refractivity contribution in [3.8, 4) is 0 Å². The van der Waals surface area contributed by atoms with Gasteiger partial charge in [0.05, 0.1) is 75.6 Å². The van der Waals surface area contributed by atoms with E-state index in [-0.39, 0.29) is 94.6 Å². The van der Waals surface area contributed by atoms with Gasteiger partial charge in [0.15, 0.2) is 27.9 Å². The Hall–Kier alpha value is -5.51. The van der Waals surface area contributed by atoms with Gasteiger partial charge >= 0.3 is 121 Å². The molecule has 848 valence electrons. The van der Waals surface area contributed by atoms with Crippen molar-refractivity contribution in [3.63, 3.8) is 0 Å². The van der Waals surface area contributed by atoms with Crippen molar-refractivity contribution in [1.82, 2.24) is 0 Å². The van der Waals surface area contributed by atoms with Crippen LogP contribution in [0, 0.1) is 18.8 Å². The predicted molar refractivity (Wildman–Crippen MR) is 484 cm³/mol. The molecule has 0 aromatic heterocycles. The minimum Gasteiger partial charge on any atom is -0.828 e. The summed E-state index contributed by atoms with van der Waals surface area (Å²) < 4.78 is 342. The van der Waals surface area contributed by atoms with E-state index in [9.17, 15) is 183 Å². The van der Waals surface area contributed by atoms with E-state index in [1.54, 1.807) is 30.9 Å². The first kappa shape index (κ1) is 146. The van der Waals surface area contributed by atoms with E-state index in [4.69, 9.17) is 23.7 Å². The number of esters is 12. The lowest BCUT2D eigenvalue weighted by molar-refractivity contribution is -0.892. The number of carbonyl (C=O) groups is 12. The van der Waals surface area contributed by atoms with Gasteiger partial charge in [0.25, 0.3) is 0 Å². The van der Waals surface area contributed by atoms with Crippen LogP contribution in [-0.2, 0) is 110 Å². The van der Waals surface area contributed by atoms with Gasteiger partial charge in [-0.2, -0.15) is 105 Å². The molecular formula is C83H118Br3F24I3N4O28. The van der Waals surface area contributed by atoms with Crippen LogP contribution in [-0.4, -0.2) is 285 Å². The average molecular weight is 2700 g/mol. The van der Waals surface area contributed by atoms with E-state index in [1.807, 2.05) is 43.4 Å². The first-order valence-corrected chi connectivity index (χ1v) is 48.6. The molecule has 4 aliphatic rings. The molecule has 32 nitrogen and oxygen atoms in total. The molecule has 3 aliphatic heterocycles. The Morgan fingerprint density at radius 3 is 1.12 bits per heavy atom. The van der Waals surface area contributed by atoms with Gasteiger partial charge in [-0.05, 0) is 160 Å². The molecule has 1 aliphatic carbocycles. The van der Waals surface area contributed by atoms with Crippen LogP contribution in [0.15, 0.2) is 24.3 Å². The standard InChI is InChI=1S/C14H11F6O5.C12H20INO4.C11H18Br3NO2.C11H20INO2.C10H11F6O5.C10H18INO2.C9H9F6O5.C5H3F6O3.CH4/c1-8-2-4-9(5-3-8)10(21)24-6-7-25-11(22)12(23,13(15,16)17)14(18,19)20;1-9(13)10(15)17-7-8-18-11(16)12(14)5-3-2-4-6-12;1-9(2)5-7(6-10(3,4)15-9)17-8(16)11(12,13)14;1-11(2,12)10(14)15-8-5-9-3-6-13-7-4-9;1-5(2)6(17)20-3-4-21-7(18)8(19,9(11,12)13)10(14,15)16;1-8(11)10(13)14-7-5-9-4-3-6-12(9)2;1-2-5(16)19-3-4-20-6(17)7(18,8(10,11)12)9(13,14)15;1-14-2(12)3(13,4(6,7)8)5(9,10)11;/h2-5H,6-7H2,1H3;9H,2-8,14H2,1H3;7,15H,5-6H2,1-4H3;9,13H,3-8H2,1-2H3;5H,3-4H2,1-2H3;8-9H,3-7H2,1-2H3;2-4H2,1H3;1H3;1H4/q-1;;;;-1;;2*-1;/p+4. The summed E-state index contributed by atoms with van der Waals surface area (Å²) in [5.74, 6) is -15.5. The summed E-state index contributed by atoms with van der Waals surface area (Å²) in [5, 5.41) is 47.7. The summed E-state index contributed by atoms with van der Waals surface area (Å²) in [6.07, 6.45) is -37.6. The number of rotatable bonds is 30. The zero-order valence-electron chi connectivity index (χ0n) is 79.5. The highest BCUT2D eigenvalue weighted by molar-refractivity contribution is 14.1. The van der Waals surface area contributed by atoms with Crippen molar-refractivity contribution in [3.05, 3.63) is 35.4 Å². The molecule has 0 amide bonds. The first-order chi connectivity index (χ1) is 64.9. The number of ether oxygens (including phenoxy) is 12. The maximum atomic E-state index is 12.3. The third kappa shape index (κ3) is 50.3. The van der Waals surface area contributed by atoms with E-state index in [0.717, 1.165) is 69.3 Å². The summed E-state index contributed by atoms with van der Waals surface area (Å²) >= 11 is 15.7. The summed E-state index contributed by atoms with van der Waals surface area (Å²) in [4.78, 5) is 135. The highest BCUT2D eigenvalue weighted by atomic mass is 127. The number of methoxy groups -OCH3 is 1. The monoisotopic (exact) mass is 2690 g/mol. The molecule has 1 aromatic carbocycles. The number of halogens is 30. The van der Waals surface area contributed by atoms with Gasteiger partial charge in [0, 0.05) is 51.4 Å². The smallest absolute Gasteiger partial charge is 0.399 e. The molecule has 0 radical (unpaired) electrons. The quantitative estimate of drug-likeness (QED) is 0.0139. The third-order valence-corrected chi connectivity index (χ3v) is 22.3. The molecule has 4 atom stereocenters. The molecule has 4 fully saturated rings. The van der Waals surface area contributed by atoms with Gasteiger partial charge in [-0.1, -0.05) is 120 Å². The number of hydrogen-bond donors (Lipinski definition) is 4. The number of likely N-dealkylation sites (tertiary alicyclic amines) is 1. The molecule has 3 saturated heterocycles. The Balaban J connectivity index is -0.000000788. The van der Waals surface area contributed by atoms with E-state index < -0.39 is 170 Å². The lowest BCUT2D eigenvalue weighted by Gasteiger charge is -2.42. The maximum absolute atomic E-state index is 12.3. The number of aryl methyl sites for hydroxylation is 1. The fourth-order valence-electron chi connectivity index (χ4n) is 12.3. The second-order valence-electron chi connectivity index (χ2n) is 34.0. The predicted octanol–water partition coefficient (Wildman–Crippen LogP) is 9.62. The molecule has 1 aromatic rings. The highest BCUT2D eigenvalue weighted by Gasteiger charge is 2.71. The van der Waals surface area contributed by atoms with E-state index in [1.165, 1.54) is 78.2 Å². The van der Waals surface area contributed by atoms with Gasteiger partial charge in [0.1, 0.15) is 70.2 Å². The molecule has 0 bridgehead atoms. The molecule has 1 saturated carbocycles. The first-order valence-electron chi connectivity index (χ1n) is 42.7. The van der Waals surface area contributed by atoms with Crippen molar-refractivity contribution >= 4 is 187 Å². The van der Waals surface area contributed by atoms with Crippen LogP contribution in [0.2, 0.25) is 0 Å². The van der Waals surface area contributed by atoms with Crippen molar-refractivity contribution in [2.24, 2.45) is 11.8 Å². The Morgan fingerprint density at radius 2 is 0.800 bits per heavy atom. The van der Waals surface area contributed by atoms with E-state index in [2.05, 4.69) is 177 Å². The summed E-state index contributed by atoms with van der Waals surface area (Å²) in [5.41, 5.74) is -18.9. The molecule has 5 rings (SSSR count). The topological polar surface area (TPSA) is 473 Å². The minimum atomic E-state index is -6.44. The second kappa shape index (κ2) is 62.6. The van der Waals surface area contributed by atoms with Gasteiger partial charge in [-0.15, -0.1) is 0 Å². The van der Waals surface area contributed by atoms with Crippen molar-refractivity contribution in [2.75, 3.05) is 99.9 Å². The lowest BCUT2D eigenvalue weighted by atomic mass is 9.81. The largest absolute Gasteiger partial charge is 0.828 e. The Labute approximate surface area is 884 Å². The molecule has 8 N–H and O–H groups in total. The third-order valence-electron chi connectivity index (χ3n) is 19.8. The zero-order chi connectivity index (χ0) is 113. The number of alkyl halides is 30. The van der Waals surface area contributed by atoms with E-state index in [0.29, 0.717) is 19.3 Å². The van der Waals surface area contributed by atoms with Crippen molar-refractivity contribution in [1.29, 1.82) is 0 Å². The number of hydrogen-bond acceptors (Lipinski definition) is 28. The SMILES string of the molecule is C.CC(C)(I)C(=O)OCCC1CC[NH2+]CC1.CC(C)C(=O)OCCOC(=O)C([O-])(C(F)(F)F)C(F)(F)F.CC(I)C(=O)OCCC1CCC[NH+]1C.CC(I)C(=O)OCCOC(=O)C1([NH3+])CCCCC1.CC1(C)CC(OC(=O)C(Br)(Br)Br)CC(C)(C)[NH2+]1.CCC(=O)OCCOC(=O)C([O-])(C(F)(F)F)C(F)(F)F.COC(=O)C([O-])(C(F)(F)F)C(F)(F)F.Cc1ccc(C(=O)OCCOC(=O)C([O-])(C(F)(F)F)C(F)(F)F)cc1. The molecule has 145 heavy (non-hydrogen) atoms. The van der Waals surface area contributed by atoms with Crippen molar-refractivity contribution < 1.29 is 261 Å². The van der Waals surface area contributed by atoms with Crippen LogP contribution in [0.4, 0.5) is 105 Å². The van der Waals surface area contributed by atoms with Crippen molar-refractivity contribution in [2.45, 2.75) is 294 Å². The normalized spacial score (nSPS) is 17.3. The number of piperidine rings is 2. The fraction of sp³-hybridized carbons (Fsp3) is 0.783. The van der Waals surface area contributed by atoms with E-state index >= 15 is 0 Å². The van der Waals surface area contributed by atoms with Gasteiger partial charge in [-0.25, -0.2) is 14.4 Å². The average Bonchev–Trinajstić information content (AvgIpc) is 1.16. The zero-order valence-corrected chi connectivity index (χ0v) is 90.7. The fourth-order valence-corrected chi connectivity index (χ4v) is 13.0.